The molecule has 5 nitrogen and oxygen atoms in total. The molecule has 2 atom stereocenters. The van der Waals surface area contributed by atoms with Crippen LogP contribution in [0.1, 0.15) is 38.2 Å². The zero-order valence-corrected chi connectivity index (χ0v) is 17.3. The van der Waals surface area contributed by atoms with Gasteiger partial charge in [-0.05, 0) is 64.4 Å². The summed E-state index contributed by atoms with van der Waals surface area (Å²) in [7, 11) is 4.05. The molecule has 1 aromatic carbocycles. The van der Waals surface area contributed by atoms with Gasteiger partial charge in [-0.15, -0.1) is 0 Å². The first kappa shape index (κ1) is 20.2. The first-order valence-corrected chi connectivity index (χ1v) is 9.82. The molecule has 0 aliphatic heterocycles. The van der Waals surface area contributed by atoms with Gasteiger partial charge in [0.25, 0.3) is 0 Å². The van der Waals surface area contributed by atoms with Gasteiger partial charge in [0.1, 0.15) is 11.5 Å². The van der Waals surface area contributed by atoms with E-state index in [4.69, 9.17) is 0 Å². The Morgan fingerprint density at radius 2 is 1.93 bits per heavy atom. The van der Waals surface area contributed by atoms with Crippen LogP contribution < -0.4 is 0 Å². The average Bonchev–Trinajstić information content (AvgIpc) is 3.08. The van der Waals surface area contributed by atoms with Crippen LogP contribution in [0.2, 0.25) is 0 Å². The van der Waals surface area contributed by atoms with E-state index in [1.165, 1.54) is 5.57 Å². The van der Waals surface area contributed by atoms with Crippen molar-refractivity contribution in [3.05, 3.63) is 53.9 Å². The first-order chi connectivity index (χ1) is 13.3. The number of allylic oxidation sites excluding steroid dienone is 3. The molecule has 0 saturated carbocycles. The Morgan fingerprint density at radius 1 is 1.25 bits per heavy atom. The molecule has 1 aliphatic carbocycles. The van der Waals surface area contributed by atoms with E-state index in [-0.39, 0.29) is 23.3 Å². The second kappa shape index (κ2) is 8.23. The molecule has 28 heavy (non-hydrogen) atoms. The van der Waals surface area contributed by atoms with Crippen molar-refractivity contribution in [2.24, 2.45) is 5.92 Å². The molecule has 1 aliphatic rings. The maximum atomic E-state index is 10.8. The molecule has 0 radical (unpaired) electrons. The van der Waals surface area contributed by atoms with E-state index >= 15 is 0 Å². The minimum absolute atomic E-state index is 0.0527. The lowest BCUT2D eigenvalue weighted by Gasteiger charge is -2.31. The van der Waals surface area contributed by atoms with Crippen molar-refractivity contribution >= 4 is 0 Å². The fraction of sp³-hybridized carbons (Fsp3) is 0.435. The summed E-state index contributed by atoms with van der Waals surface area (Å²) in [6.45, 7) is 9.94. The Balaban J connectivity index is 1.93. The molecule has 0 unspecified atom stereocenters. The Kier molecular flexibility index (Phi) is 5.94. The summed E-state index contributed by atoms with van der Waals surface area (Å²) in [5.41, 5.74) is 4.60. The summed E-state index contributed by atoms with van der Waals surface area (Å²) < 4.78 is 1.88. The molecule has 2 N–H and O–H groups in total. The molecule has 0 saturated heterocycles. The van der Waals surface area contributed by atoms with Crippen molar-refractivity contribution < 1.29 is 10.2 Å². The van der Waals surface area contributed by atoms with Crippen molar-refractivity contribution in [1.29, 1.82) is 0 Å². The lowest BCUT2D eigenvalue weighted by atomic mass is 9.73. The number of likely N-dealkylation sites (N-methyl/N-ethyl adjacent to an activating group) is 1. The molecule has 0 bridgehead atoms. The second-order valence-corrected chi connectivity index (χ2v) is 8.25. The number of rotatable bonds is 6. The highest BCUT2D eigenvalue weighted by atomic mass is 16.3. The minimum atomic E-state index is -0.0527. The van der Waals surface area contributed by atoms with Crippen molar-refractivity contribution in [3.8, 4) is 22.6 Å². The summed E-state index contributed by atoms with van der Waals surface area (Å²) in [5.74, 6) is 0.416. The van der Waals surface area contributed by atoms with Crippen LogP contribution in [0.3, 0.4) is 0 Å². The highest BCUT2D eigenvalue weighted by Gasteiger charge is 2.30. The summed E-state index contributed by atoms with van der Waals surface area (Å²) in [6, 6.07) is 3.46. The molecule has 0 spiro atoms. The second-order valence-electron chi connectivity index (χ2n) is 8.25. The maximum Gasteiger partial charge on any atom is 0.123 e. The molecule has 0 amide bonds. The molecular weight excluding hydrogens is 350 g/mol. The van der Waals surface area contributed by atoms with E-state index in [0.29, 0.717) is 5.56 Å². The van der Waals surface area contributed by atoms with E-state index in [0.717, 1.165) is 42.6 Å². The zero-order chi connectivity index (χ0) is 20.4. The average molecular weight is 382 g/mol. The summed E-state index contributed by atoms with van der Waals surface area (Å²) in [6.07, 6.45) is 7.89. The third-order valence-corrected chi connectivity index (χ3v) is 5.59. The lowest BCUT2D eigenvalue weighted by molar-refractivity contribution is 0.373. The van der Waals surface area contributed by atoms with E-state index in [1.54, 1.807) is 18.3 Å². The normalized spacial score (nSPS) is 19.7. The van der Waals surface area contributed by atoms with Crippen LogP contribution >= 0.6 is 0 Å². The number of nitrogens with zero attached hydrogens (tertiary/aromatic N) is 3. The topological polar surface area (TPSA) is 61.5 Å². The Bertz CT molecular complexity index is 872. The largest absolute Gasteiger partial charge is 0.507 e. The van der Waals surface area contributed by atoms with Gasteiger partial charge < -0.3 is 15.1 Å². The monoisotopic (exact) mass is 381 g/mol. The van der Waals surface area contributed by atoms with E-state index in [1.807, 2.05) is 31.9 Å². The van der Waals surface area contributed by atoms with Crippen molar-refractivity contribution in [2.45, 2.75) is 39.2 Å². The lowest BCUT2D eigenvalue weighted by Crippen LogP contribution is -2.18. The summed E-state index contributed by atoms with van der Waals surface area (Å²) in [4.78, 5) is 2.10. The number of aromatic hydroxyl groups is 2. The summed E-state index contributed by atoms with van der Waals surface area (Å²) in [5, 5.41) is 26.0. The molecule has 1 aromatic heterocycles. The van der Waals surface area contributed by atoms with E-state index < -0.39 is 0 Å². The highest BCUT2D eigenvalue weighted by Crippen LogP contribution is 2.47. The molecule has 150 valence electrons. The van der Waals surface area contributed by atoms with Crippen LogP contribution in [0.25, 0.3) is 11.1 Å². The zero-order valence-electron chi connectivity index (χ0n) is 17.3. The van der Waals surface area contributed by atoms with Gasteiger partial charge in [-0.1, -0.05) is 23.8 Å². The van der Waals surface area contributed by atoms with Gasteiger partial charge in [0.15, 0.2) is 0 Å². The molecule has 2 aromatic rings. The molecule has 5 heteroatoms. The van der Waals surface area contributed by atoms with Gasteiger partial charge in [-0.2, -0.15) is 5.10 Å². The molecule has 0 fully saturated rings. The maximum absolute atomic E-state index is 10.8. The van der Waals surface area contributed by atoms with Crippen molar-refractivity contribution in [3.63, 3.8) is 0 Å². The Hall–Kier alpha value is -2.53. The Morgan fingerprint density at radius 3 is 2.54 bits per heavy atom. The Labute approximate surface area is 167 Å². The number of aromatic nitrogens is 2. The number of hydrogen-bond acceptors (Lipinski definition) is 4. The van der Waals surface area contributed by atoms with Crippen LogP contribution in [0.4, 0.5) is 0 Å². The highest BCUT2D eigenvalue weighted by molar-refractivity contribution is 5.68. The van der Waals surface area contributed by atoms with Crippen LogP contribution in [0, 0.1) is 5.92 Å². The quantitative estimate of drug-likeness (QED) is 0.721. The number of benzene rings is 1. The SMILES string of the molecule is C=C(C)[C@@H]1CCC(C)=C[C@H]1c1c(O)cc(-c2cnn(CCN(C)C)c2)cc1O. The van der Waals surface area contributed by atoms with Gasteiger partial charge in [0.05, 0.1) is 12.7 Å². The summed E-state index contributed by atoms with van der Waals surface area (Å²) >= 11 is 0. The van der Waals surface area contributed by atoms with Gasteiger partial charge in [-0.25, -0.2) is 0 Å². The predicted molar refractivity (Wildman–Crippen MR) is 114 cm³/mol. The van der Waals surface area contributed by atoms with Gasteiger partial charge in [0, 0.05) is 29.8 Å². The van der Waals surface area contributed by atoms with E-state index in [2.05, 4.69) is 29.6 Å². The predicted octanol–water partition coefficient (Wildman–Crippen LogP) is 4.54. The fourth-order valence-electron chi connectivity index (χ4n) is 3.97. The third-order valence-electron chi connectivity index (χ3n) is 5.59. The first-order valence-electron chi connectivity index (χ1n) is 9.82. The van der Waals surface area contributed by atoms with Gasteiger partial charge in [-0.3, -0.25) is 4.68 Å². The van der Waals surface area contributed by atoms with Crippen LogP contribution in [-0.4, -0.2) is 45.5 Å². The van der Waals surface area contributed by atoms with Crippen molar-refractivity contribution in [1.82, 2.24) is 14.7 Å². The van der Waals surface area contributed by atoms with Gasteiger partial charge in [0.2, 0.25) is 0 Å². The molecular formula is C23H31N3O2. The van der Waals surface area contributed by atoms with Crippen LogP contribution in [0.5, 0.6) is 11.5 Å². The fourth-order valence-corrected chi connectivity index (χ4v) is 3.97. The third kappa shape index (κ3) is 4.30. The van der Waals surface area contributed by atoms with E-state index in [9.17, 15) is 10.2 Å². The molecule has 1 heterocycles. The number of phenolic OH excluding ortho intramolecular Hbond substituents is 2. The number of phenols is 2. The molecule has 3 rings (SSSR count). The minimum Gasteiger partial charge on any atom is -0.507 e. The van der Waals surface area contributed by atoms with Crippen molar-refractivity contribution in [2.75, 3.05) is 20.6 Å². The van der Waals surface area contributed by atoms with Gasteiger partial charge >= 0.3 is 0 Å². The van der Waals surface area contributed by atoms with Crippen LogP contribution in [0.15, 0.2) is 48.3 Å². The van der Waals surface area contributed by atoms with Crippen LogP contribution in [-0.2, 0) is 6.54 Å². The smallest absolute Gasteiger partial charge is 0.123 e. The standard InChI is InChI=1S/C23H31N3O2/c1-15(2)19-7-6-16(3)10-20(19)23-21(27)11-17(12-22(23)28)18-13-24-26(14-18)9-8-25(4)5/h10-14,19-20,27-28H,1,6-9H2,2-5H3/t19-,20+/m0/s1. The number of hydrogen-bond donors (Lipinski definition) is 2.